The number of carbonyl (C=O) groups excluding carboxylic acids is 1. The van der Waals surface area contributed by atoms with Gasteiger partial charge in [0, 0.05) is 11.6 Å². The standard InChI is InChI=1S/C20H24N4O3/c1-23(2)11-4-5-12-27-19-10-9-18-21-14-17(24(18)22-19)15-7-6-8-16(13-15)20(25)26-3/h6-10,13-14H,4-5,11-12H2,1-3H3. The molecule has 27 heavy (non-hydrogen) atoms. The molecule has 0 aliphatic carbocycles. The van der Waals surface area contributed by atoms with Gasteiger partial charge in [-0.05, 0) is 51.7 Å². The summed E-state index contributed by atoms with van der Waals surface area (Å²) in [5.41, 5.74) is 2.82. The molecule has 0 amide bonds. The highest BCUT2D eigenvalue weighted by Crippen LogP contribution is 2.22. The fourth-order valence-corrected chi connectivity index (χ4v) is 2.76. The molecule has 7 nitrogen and oxygen atoms in total. The lowest BCUT2D eigenvalue weighted by Gasteiger charge is -2.10. The summed E-state index contributed by atoms with van der Waals surface area (Å²) in [6.07, 6.45) is 3.78. The Morgan fingerprint density at radius 1 is 1.19 bits per heavy atom. The van der Waals surface area contributed by atoms with Crippen LogP contribution in [0.3, 0.4) is 0 Å². The van der Waals surface area contributed by atoms with Gasteiger partial charge in [0.2, 0.25) is 5.88 Å². The van der Waals surface area contributed by atoms with Crippen molar-refractivity contribution in [2.75, 3.05) is 34.4 Å². The Balaban J connectivity index is 1.78. The van der Waals surface area contributed by atoms with Gasteiger partial charge < -0.3 is 14.4 Å². The van der Waals surface area contributed by atoms with Crippen LogP contribution < -0.4 is 4.74 Å². The third-order valence-corrected chi connectivity index (χ3v) is 4.17. The SMILES string of the molecule is COC(=O)c1cccc(-c2cnc3ccc(OCCCCN(C)C)nn23)c1. The van der Waals surface area contributed by atoms with Crippen molar-refractivity contribution in [3.8, 4) is 17.1 Å². The van der Waals surface area contributed by atoms with Gasteiger partial charge in [0.25, 0.3) is 0 Å². The highest BCUT2D eigenvalue weighted by atomic mass is 16.5. The number of hydrogen-bond donors (Lipinski definition) is 0. The molecule has 2 aromatic heterocycles. The minimum Gasteiger partial charge on any atom is -0.477 e. The van der Waals surface area contributed by atoms with E-state index in [4.69, 9.17) is 9.47 Å². The molecule has 0 saturated carbocycles. The average molecular weight is 368 g/mol. The molecule has 0 saturated heterocycles. The van der Waals surface area contributed by atoms with E-state index in [1.807, 2.05) is 24.3 Å². The maximum atomic E-state index is 11.8. The fraction of sp³-hybridized carbons (Fsp3) is 0.350. The topological polar surface area (TPSA) is 69.0 Å². The van der Waals surface area contributed by atoms with Crippen molar-refractivity contribution < 1.29 is 14.3 Å². The Kier molecular flexibility index (Phi) is 6.03. The predicted molar refractivity (Wildman–Crippen MR) is 103 cm³/mol. The summed E-state index contributed by atoms with van der Waals surface area (Å²) in [5, 5.41) is 4.54. The van der Waals surface area contributed by atoms with Gasteiger partial charge in [0.05, 0.1) is 31.2 Å². The van der Waals surface area contributed by atoms with E-state index in [0.29, 0.717) is 23.7 Å². The van der Waals surface area contributed by atoms with Crippen LogP contribution in [0.25, 0.3) is 16.9 Å². The fourth-order valence-electron chi connectivity index (χ4n) is 2.76. The highest BCUT2D eigenvalue weighted by Gasteiger charge is 2.12. The molecular formula is C20H24N4O3. The second kappa shape index (κ2) is 8.64. The molecule has 0 spiro atoms. The lowest BCUT2D eigenvalue weighted by molar-refractivity contribution is 0.0601. The first-order chi connectivity index (χ1) is 13.1. The first-order valence-electron chi connectivity index (χ1n) is 8.89. The first-order valence-corrected chi connectivity index (χ1v) is 8.89. The van der Waals surface area contributed by atoms with E-state index in [0.717, 1.165) is 30.6 Å². The largest absolute Gasteiger partial charge is 0.477 e. The van der Waals surface area contributed by atoms with Crippen LogP contribution in [0.4, 0.5) is 0 Å². The third kappa shape index (κ3) is 4.62. The van der Waals surface area contributed by atoms with Crippen LogP contribution in [0, 0.1) is 0 Å². The van der Waals surface area contributed by atoms with E-state index >= 15 is 0 Å². The molecular weight excluding hydrogens is 344 g/mol. The molecule has 142 valence electrons. The second-order valence-corrected chi connectivity index (χ2v) is 6.52. The van der Waals surface area contributed by atoms with Gasteiger partial charge >= 0.3 is 5.97 Å². The van der Waals surface area contributed by atoms with Crippen molar-refractivity contribution in [3.05, 3.63) is 48.2 Å². The summed E-state index contributed by atoms with van der Waals surface area (Å²) >= 11 is 0. The van der Waals surface area contributed by atoms with Gasteiger partial charge in [0.15, 0.2) is 5.65 Å². The maximum absolute atomic E-state index is 11.8. The lowest BCUT2D eigenvalue weighted by atomic mass is 10.1. The van der Waals surface area contributed by atoms with Crippen molar-refractivity contribution in [2.24, 2.45) is 0 Å². The third-order valence-electron chi connectivity index (χ3n) is 4.17. The number of nitrogens with zero attached hydrogens (tertiary/aromatic N) is 4. The number of ether oxygens (including phenoxy) is 2. The van der Waals surface area contributed by atoms with Crippen molar-refractivity contribution >= 4 is 11.6 Å². The number of benzene rings is 1. The number of methoxy groups -OCH3 is 1. The Bertz CT molecular complexity index is 920. The highest BCUT2D eigenvalue weighted by molar-refractivity contribution is 5.90. The Labute approximate surface area is 158 Å². The lowest BCUT2D eigenvalue weighted by Crippen LogP contribution is -2.14. The summed E-state index contributed by atoms with van der Waals surface area (Å²) < 4.78 is 12.3. The number of hydrogen-bond acceptors (Lipinski definition) is 6. The minimum atomic E-state index is -0.375. The Morgan fingerprint density at radius 3 is 2.81 bits per heavy atom. The summed E-state index contributed by atoms with van der Waals surface area (Å²) in [5.74, 6) is 0.177. The van der Waals surface area contributed by atoms with Gasteiger partial charge in [-0.25, -0.2) is 14.3 Å². The number of rotatable bonds is 8. The van der Waals surface area contributed by atoms with E-state index in [1.165, 1.54) is 7.11 Å². The number of esters is 1. The number of aromatic nitrogens is 3. The Hall–Kier alpha value is -2.93. The van der Waals surface area contributed by atoms with Crippen molar-refractivity contribution in [2.45, 2.75) is 12.8 Å². The number of imidazole rings is 1. The number of carbonyl (C=O) groups is 1. The molecule has 0 bridgehead atoms. The molecule has 3 rings (SSSR count). The second-order valence-electron chi connectivity index (χ2n) is 6.52. The molecule has 0 aliphatic heterocycles. The van der Waals surface area contributed by atoms with Crippen molar-refractivity contribution in [1.82, 2.24) is 19.5 Å². The molecule has 0 fully saturated rings. The summed E-state index contributed by atoms with van der Waals surface area (Å²) in [6.45, 7) is 1.66. The van der Waals surface area contributed by atoms with Crippen LogP contribution in [0.2, 0.25) is 0 Å². The summed E-state index contributed by atoms with van der Waals surface area (Å²) in [4.78, 5) is 18.3. The normalized spacial score (nSPS) is 11.1. The van der Waals surface area contributed by atoms with Crippen LogP contribution in [-0.4, -0.2) is 59.8 Å². The number of unbranched alkanes of at least 4 members (excludes halogenated alkanes) is 1. The quantitative estimate of drug-likeness (QED) is 0.450. The molecule has 0 N–H and O–H groups in total. The zero-order valence-corrected chi connectivity index (χ0v) is 15.9. The van der Waals surface area contributed by atoms with Gasteiger partial charge in [0.1, 0.15) is 0 Å². The monoisotopic (exact) mass is 368 g/mol. The van der Waals surface area contributed by atoms with Crippen LogP contribution in [0.15, 0.2) is 42.6 Å². The van der Waals surface area contributed by atoms with E-state index in [1.54, 1.807) is 22.8 Å². The predicted octanol–water partition coefficient (Wildman–Crippen LogP) is 2.90. The molecule has 0 atom stereocenters. The zero-order chi connectivity index (χ0) is 19.2. The van der Waals surface area contributed by atoms with Crippen LogP contribution in [-0.2, 0) is 4.74 Å². The van der Waals surface area contributed by atoms with Crippen molar-refractivity contribution in [1.29, 1.82) is 0 Å². The summed E-state index contributed by atoms with van der Waals surface area (Å²) in [6, 6.07) is 10.9. The van der Waals surface area contributed by atoms with E-state index in [9.17, 15) is 4.79 Å². The van der Waals surface area contributed by atoms with Gasteiger partial charge in [-0.1, -0.05) is 12.1 Å². The van der Waals surface area contributed by atoms with Gasteiger partial charge in [-0.2, -0.15) is 0 Å². The molecule has 3 aromatic rings. The Morgan fingerprint density at radius 2 is 2.04 bits per heavy atom. The first kappa shape index (κ1) is 18.8. The molecule has 1 aromatic carbocycles. The molecule has 7 heteroatoms. The molecule has 0 unspecified atom stereocenters. The smallest absolute Gasteiger partial charge is 0.337 e. The van der Waals surface area contributed by atoms with Crippen LogP contribution in [0.1, 0.15) is 23.2 Å². The van der Waals surface area contributed by atoms with E-state index < -0.39 is 0 Å². The van der Waals surface area contributed by atoms with E-state index in [-0.39, 0.29) is 5.97 Å². The molecule has 0 radical (unpaired) electrons. The minimum absolute atomic E-state index is 0.375. The van der Waals surface area contributed by atoms with Crippen LogP contribution >= 0.6 is 0 Å². The number of fused-ring (bicyclic) bond motifs is 1. The average Bonchev–Trinajstić information content (AvgIpc) is 3.10. The maximum Gasteiger partial charge on any atom is 0.337 e. The summed E-state index contributed by atoms with van der Waals surface area (Å²) in [7, 11) is 5.49. The molecule has 2 heterocycles. The molecule has 0 aliphatic rings. The van der Waals surface area contributed by atoms with E-state index in [2.05, 4.69) is 29.1 Å². The van der Waals surface area contributed by atoms with Crippen molar-refractivity contribution in [3.63, 3.8) is 0 Å². The van der Waals surface area contributed by atoms with Gasteiger partial charge in [-0.15, -0.1) is 5.10 Å². The zero-order valence-electron chi connectivity index (χ0n) is 15.9. The van der Waals surface area contributed by atoms with Gasteiger partial charge in [-0.3, -0.25) is 0 Å². The van der Waals surface area contributed by atoms with Crippen LogP contribution in [0.5, 0.6) is 5.88 Å².